The van der Waals surface area contributed by atoms with Crippen molar-refractivity contribution in [3.8, 4) is 0 Å². The molecule has 7 heavy (non-hydrogen) atoms. The normalized spacial score (nSPS) is 12.7. The Morgan fingerprint density at radius 3 is 2.57 bits per heavy atom. The molecule has 1 unspecified atom stereocenters. The standard InChI is InChI=1S/C5H9OP/c1-5(4-6)2-3-7/h3-5,7H,2H2,1H3. The summed E-state index contributed by atoms with van der Waals surface area (Å²) in [6.45, 7) is 1.88. The summed E-state index contributed by atoms with van der Waals surface area (Å²) >= 11 is 0. The molecule has 40 valence electrons. The van der Waals surface area contributed by atoms with Crippen LogP contribution in [0.4, 0.5) is 0 Å². The van der Waals surface area contributed by atoms with Crippen LogP contribution in [-0.4, -0.2) is 12.1 Å². The van der Waals surface area contributed by atoms with Crippen molar-refractivity contribution < 1.29 is 4.79 Å². The molecule has 0 saturated carbocycles. The third kappa shape index (κ3) is 3.68. The predicted molar refractivity (Wildman–Crippen MR) is 34.2 cm³/mol. The van der Waals surface area contributed by atoms with Gasteiger partial charge in [-0.2, -0.15) is 0 Å². The summed E-state index contributed by atoms with van der Waals surface area (Å²) in [4.78, 5) is 9.85. The fraction of sp³-hybridized carbons (Fsp3) is 0.600. The zero-order chi connectivity index (χ0) is 5.70. The quantitative estimate of drug-likeness (QED) is 0.399. The predicted octanol–water partition coefficient (Wildman–Crippen LogP) is 1.16. The van der Waals surface area contributed by atoms with Gasteiger partial charge in [0.15, 0.2) is 0 Å². The Kier molecular flexibility index (Phi) is 3.92. The Balaban J connectivity index is 3.15. The zero-order valence-corrected chi connectivity index (χ0v) is 5.35. The largest absolute Gasteiger partial charge is 0.303 e. The Bertz CT molecular complexity index is 70.5. The zero-order valence-electron chi connectivity index (χ0n) is 4.35. The van der Waals surface area contributed by atoms with Gasteiger partial charge in [-0.3, -0.25) is 0 Å². The lowest BCUT2D eigenvalue weighted by Gasteiger charge is -1.91. The summed E-state index contributed by atoms with van der Waals surface area (Å²) in [5.41, 5.74) is 0. The summed E-state index contributed by atoms with van der Waals surface area (Å²) < 4.78 is 0. The number of carbonyl (C=O) groups is 1. The van der Waals surface area contributed by atoms with Crippen molar-refractivity contribution in [3.63, 3.8) is 0 Å². The van der Waals surface area contributed by atoms with Crippen LogP contribution in [0, 0.1) is 5.92 Å². The SMILES string of the molecule is CC(C=O)CC=P. The van der Waals surface area contributed by atoms with Crippen molar-refractivity contribution in [3.05, 3.63) is 0 Å². The Morgan fingerprint density at radius 1 is 1.86 bits per heavy atom. The van der Waals surface area contributed by atoms with Crippen molar-refractivity contribution in [1.29, 1.82) is 0 Å². The molecule has 0 radical (unpaired) electrons. The van der Waals surface area contributed by atoms with E-state index in [4.69, 9.17) is 0 Å². The van der Waals surface area contributed by atoms with Gasteiger partial charge in [-0.15, -0.1) is 8.86 Å². The van der Waals surface area contributed by atoms with Crippen molar-refractivity contribution in [2.24, 2.45) is 5.92 Å². The third-order valence-corrected chi connectivity index (χ3v) is 0.958. The number of carbonyl (C=O) groups excluding carboxylic acids is 1. The molecule has 2 heteroatoms. The first-order chi connectivity index (χ1) is 3.31. The van der Waals surface area contributed by atoms with Gasteiger partial charge in [0.1, 0.15) is 6.29 Å². The molecule has 0 aliphatic heterocycles. The lowest BCUT2D eigenvalue weighted by Crippen LogP contribution is -1.93. The van der Waals surface area contributed by atoms with E-state index in [1.807, 2.05) is 6.92 Å². The number of hydrogen-bond donors (Lipinski definition) is 0. The van der Waals surface area contributed by atoms with E-state index < -0.39 is 0 Å². The highest BCUT2D eigenvalue weighted by Gasteiger charge is 1.91. The first kappa shape index (κ1) is 6.84. The maximum absolute atomic E-state index is 9.85. The fourth-order valence-corrected chi connectivity index (χ4v) is 0.613. The minimum atomic E-state index is 0.164. The van der Waals surface area contributed by atoms with Crippen molar-refractivity contribution in [1.82, 2.24) is 0 Å². The van der Waals surface area contributed by atoms with E-state index in [1.165, 1.54) is 0 Å². The monoisotopic (exact) mass is 116 g/mol. The van der Waals surface area contributed by atoms with Crippen LogP contribution < -0.4 is 0 Å². The molecule has 0 aliphatic carbocycles. The summed E-state index contributed by atoms with van der Waals surface area (Å²) in [7, 11) is 3.15. The molecule has 0 aromatic heterocycles. The van der Waals surface area contributed by atoms with Gasteiger partial charge in [0.05, 0.1) is 0 Å². The highest BCUT2D eigenvalue weighted by atomic mass is 31.0. The average Bonchev–Trinajstić information content (AvgIpc) is 1.68. The number of rotatable bonds is 3. The second-order valence-corrected chi connectivity index (χ2v) is 1.96. The van der Waals surface area contributed by atoms with E-state index in [-0.39, 0.29) is 5.92 Å². The summed E-state index contributed by atoms with van der Waals surface area (Å²) in [6, 6.07) is 0. The lowest BCUT2D eigenvalue weighted by molar-refractivity contribution is -0.110. The van der Waals surface area contributed by atoms with E-state index >= 15 is 0 Å². The van der Waals surface area contributed by atoms with Crippen LogP contribution in [0.2, 0.25) is 0 Å². The van der Waals surface area contributed by atoms with Crippen LogP contribution in [-0.2, 0) is 4.79 Å². The molecular formula is C5H9OP. The van der Waals surface area contributed by atoms with Crippen molar-refractivity contribution >= 4 is 20.9 Å². The molecule has 1 nitrogen and oxygen atoms in total. The Labute approximate surface area is 45.9 Å². The highest BCUT2D eigenvalue weighted by Crippen LogP contribution is 1.92. The molecule has 1 atom stereocenters. The van der Waals surface area contributed by atoms with Gasteiger partial charge in [-0.05, 0) is 6.42 Å². The average molecular weight is 116 g/mol. The second-order valence-electron chi connectivity index (χ2n) is 1.55. The van der Waals surface area contributed by atoms with E-state index in [1.54, 1.807) is 5.80 Å². The molecule has 0 rings (SSSR count). The molecule has 0 aliphatic rings. The Morgan fingerprint density at radius 2 is 2.43 bits per heavy atom. The minimum Gasteiger partial charge on any atom is -0.303 e. The minimum absolute atomic E-state index is 0.164. The number of hydrogen-bond acceptors (Lipinski definition) is 1. The van der Waals surface area contributed by atoms with E-state index in [9.17, 15) is 4.79 Å². The van der Waals surface area contributed by atoms with Gasteiger partial charge in [0.25, 0.3) is 0 Å². The Hall–Kier alpha value is -0.160. The third-order valence-electron chi connectivity index (χ3n) is 0.722. The fourth-order valence-electron chi connectivity index (χ4n) is 0.241. The molecule has 0 N–H and O–H groups in total. The topological polar surface area (TPSA) is 17.1 Å². The summed E-state index contributed by atoms with van der Waals surface area (Å²) in [5, 5.41) is 0. The first-order valence-corrected chi connectivity index (χ1v) is 2.83. The molecule has 0 spiro atoms. The van der Waals surface area contributed by atoms with Crippen molar-refractivity contribution in [2.75, 3.05) is 0 Å². The molecule has 0 aromatic rings. The molecule has 0 amide bonds. The van der Waals surface area contributed by atoms with Gasteiger partial charge in [0.2, 0.25) is 0 Å². The van der Waals surface area contributed by atoms with E-state index in [2.05, 4.69) is 8.86 Å². The molecule has 0 bridgehead atoms. The van der Waals surface area contributed by atoms with Gasteiger partial charge >= 0.3 is 0 Å². The summed E-state index contributed by atoms with van der Waals surface area (Å²) in [6.07, 6.45) is 1.76. The summed E-state index contributed by atoms with van der Waals surface area (Å²) in [5.74, 6) is 1.97. The van der Waals surface area contributed by atoms with E-state index in [0.717, 1.165) is 12.7 Å². The molecule has 0 aromatic carbocycles. The molecule has 0 fully saturated rings. The van der Waals surface area contributed by atoms with Gasteiger partial charge in [-0.1, -0.05) is 12.7 Å². The van der Waals surface area contributed by atoms with Crippen LogP contribution in [0.25, 0.3) is 0 Å². The van der Waals surface area contributed by atoms with E-state index in [0.29, 0.717) is 0 Å². The van der Waals surface area contributed by atoms with Crippen LogP contribution in [0.1, 0.15) is 13.3 Å². The lowest BCUT2D eigenvalue weighted by atomic mass is 10.2. The van der Waals surface area contributed by atoms with Crippen LogP contribution in [0.3, 0.4) is 0 Å². The molecule has 0 heterocycles. The van der Waals surface area contributed by atoms with Gasteiger partial charge in [-0.25, -0.2) is 0 Å². The van der Waals surface area contributed by atoms with Gasteiger partial charge in [0, 0.05) is 5.92 Å². The van der Waals surface area contributed by atoms with Crippen molar-refractivity contribution in [2.45, 2.75) is 13.3 Å². The maximum Gasteiger partial charge on any atom is 0.123 e. The molecular weight excluding hydrogens is 107 g/mol. The number of aldehydes is 1. The first-order valence-electron chi connectivity index (χ1n) is 2.25. The second kappa shape index (κ2) is 4.01. The maximum atomic E-state index is 9.85. The highest BCUT2D eigenvalue weighted by molar-refractivity contribution is 7.18. The van der Waals surface area contributed by atoms with Crippen LogP contribution >= 0.6 is 8.86 Å². The van der Waals surface area contributed by atoms with Crippen LogP contribution in [0.15, 0.2) is 0 Å². The molecule has 0 saturated heterocycles. The van der Waals surface area contributed by atoms with Gasteiger partial charge < -0.3 is 4.79 Å². The van der Waals surface area contributed by atoms with Crippen LogP contribution in [0.5, 0.6) is 0 Å². The smallest absolute Gasteiger partial charge is 0.123 e.